The molecule has 3 rings (SSSR count). The number of rotatable bonds is 2. The zero-order chi connectivity index (χ0) is 15.7. The van der Waals surface area contributed by atoms with Crippen molar-refractivity contribution in [1.29, 1.82) is 5.26 Å². The van der Waals surface area contributed by atoms with Crippen LogP contribution in [-0.2, 0) is 0 Å². The molecule has 3 aromatic rings. The third-order valence-corrected chi connectivity index (χ3v) is 3.60. The smallest absolute Gasteiger partial charge is 0.145 e. The molecule has 0 aliphatic rings. The number of hydrogen-bond acceptors (Lipinski definition) is 3. The Kier molecular flexibility index (Phi) is 3.40. The summed E-state index contributed by atoms with van der Waals surface area (Å²) < 4.78 is 1.63. The van der Waals surface area contributed by atoms with E-state index in [4.69, 9.17) is 5.73 Å². The first-order chi connectivity index (χ1) is 10.6. The Bertz CT molecular complexity index is 867. The Morgan fingerprint density at radius 3 is 2.41 bits per heavy atom. The molecule has 0 radical (unpaired) electrons. The van der Waals surface area contributed by atoms with E-state index in [0.29, 0.717) is 17.1 Å². The van der Waals surface area contributed by atoms with Gasteiger partial charge < -0.3 is 5.73 Å². The van der Waals surface area contributed by atoms with Gasteiger partial charge in [-0.25, -0.2) is 4.68 Å². The molecule has 0 aliphatic heterocycles. The number of nitrogens with zero attached hydrogens (tertiary/aromatic N) is 3. The summed E-state index contributed by atoms with van der Waals surface area (Å²) in [5, 5.41) is 14.0. The molecule has 0 fully saturated rings. The maximum absolute atomic E-state index is 9.45. The van der Waals surface area contributed by atoms with Crippen LogP contribution in [0.1, 0.15) is 16.7 Å². The zero-order valence-electron chi connectivity index (χ0n) is 12.5. The minimum atomic E-state index is 0.365. The quantitative estimate of drug-likeness (QED) is 0.783. The van der Waals surface area contributed by atoms with Crippen LogP contribution in [0.5, 0.6) is 0 Å². The molecule has 0 aliphatic carbocycles. The van der Waals surface area contributed by atoms with E-state index in [1.54, 1.807) is 4.68 Å². The van der Waals surface area contributed by atoms with Gasteiger partial charge in [-0.2, -0.15) is 10.4 Å². The van der Waals surface area contributed by atoms with E-state index < -0.39 is 0 Å². The largest absolute Gasteiger partial charge is 0.382 e. The van der Waals surface area contributed by atoms with Crippen molar-refractivity contribution in [1.82, 2.24) is 9.78 Å². The number of nitrogen functional groups attached to an aromatic ring is 1. The van der Waals surface area contributed by atoms with Crippen molar-refractivity contribution in [3.05, 3.63) is 65.2 Å². The molecule has 1 aromatic heterocycles. The summed E-state index contributed by atoms with van der Waals surface area (Å²) in [6.45, 7) is 4.03. The average Bonchev–Trinajstić information content (AvgIpc) is 2.85. The number of aromatic nitrogens is 2. The fourth-order valence-corrected chi connectivity index (χ4v) is 2.41. The number of aryl methyl sites for hydroxylation is 2. The van der Waals surface area contributed by atoms with Crippen LogP contribution >= 0.6 is 0 Å². The Morgan fingerprint density at radius 2 is 1.77 bits per heavy atom. The first kappa shape index (κ1) is 13.9. The Labute approximate surface area is 129 Å². The van der Waals surface area contributed by atoms with Gasteiger partial charge in [-0.05, 0) is 31.5 Å². The zero-order valence-corrected chi connectivity index (χ0v) is 12.5. The summed E-state index contributed by atoms with van der Waals surface area (Å²) in [6.07, 6.45) is 0. The van der Waals surface area contributed by atoms with E-state index in [1.165, 1.54) is 0 Å². The second-order valence-corrected chi connectivity index (χ2v) is 5.34. The summed E-state index contributed by atoms with van der Waals surface area (Å²) in [7, 11) is 0. The highest BCUT2D eigenvalue weighted by molar-refractivity contribution is 5.73. The van der Waals surface area contributed by atoms with Crippen LogP contribution in [0, 0.1) is 25.2 Å². The van der Waals surface area contributed by atoms with Gasteiger partial charge in [-0.1, -0.05) is 42.0 Å². The average molecular weight is 288 g/mol. The van der Waals surface area contributed by atoms with Crippen LogP contribution in [0.15, 0.2) is 48.5 Å². The number of nitrogens with two attached hydrogens (primary N) is 1. The molecule has 0 spiro atoms. The van der Waals surface area contributed by atoms with Crippen LogP contribution < -0.4 is 5.73 Å². The first-order valence-corrected chi connectivity index (χ1v) is 7.03. The van der Waals surface area contributed by atoms with Crippen molar-refractivity contribution in [2.45, 2.75) is 13.8 Å². The van der Waals surface area contributed by atoms with Crippen molar-refractivity contribution in [3.8, 4) is 23.0 Å². The van der Waals surface area contributed by atoms with Gasteiger partial charge >= 0.3 is 0 Å². The Hall–Kier alpha value is -3.06. The molecule has 22 heavy (non-hydrogen) atoms. The molecule has 4 heteroatoms. The molecule has 0 saturated carbocycles. The van der Waals surface area contributed by atoms with Gasteiger partial charge in [0.25, 0.3) is 0 Å². The van der Waals surface area contributed by atoms with E-state index in [2.05, 4.69) is 11.2 Å². The molecular weight excluding hydrogens is 272 g/mol. The Balaban J connectivity index is 2.19. The molecule has 0 atom stereocenters. The third kappa shape index (κ3) is 2.33. The number of benzene rings is 2. The van der Waals surface area contributed by atoms with Crippen molar-refractivity contribution in [2.75, 3.05) is 5.73 Å². The van der Waals surface area contributed by atoms with Crippen LogP contribution in [0.25, 0.3) is 16.9 Å². The molecule has 2 N–H and O–H groups in total. The topological polar surface area (TPSA) is 67.6 Å². The fraction of sp³-hybridized carbons (Fsp3) is 0.111. The highest BCUT2D eigenvalue weighted by atomic mass is 15.3. The van der Waals surface area contributed by atoms with E-state index in [0.717, 1.165) is 22.4 Å². The summed E-state index contributed by atoms with van der Waals surface area (Å²) in [5.41, 5.74) is 11.2. The van der Waals surface area contributed by atoms with Crippen molar-refractivity contribution in [3.63, 3.8) is 0 Å². The van der Waals surface area contributed by atoms with Gasteiger partial charge in [0.2, 0.25) is 0 Å². The molecule has 0 amide bonds. The highest BCUT2D eigenvalue weighted by Gasteiger charge is 2.17. The predicted molar refractivity (Wildman–Crippen MR) is 87.6 cm³/mol. The van der Waals surface area contributed by atoms with E-state index >= 15 is 0 Å². The van der Waals surface area contributed by atoms with Crippen LogP contribution in [0.3, 0.4) is 0 Å². The highest BCUT2D eigenvalue weighted by Crippen LogP contribution is 2.29. The fourth-order valence-electron chi connectivity index (χ4n) is 2.41. The lowest BCUT2D eigenvalue weighted by Crippen LogP contribution is -2.02. The molecule has 108 valence electrons. The molecule has 2 aromatic carbocycles. The second kappa shape index (κ2) is 5.38. The molecule has 0 saturated heterocycles. The molecular formula is C18H16N4. The lowest BCUT2D eigenvalue weighted by atomic mass is 10.1. The SMILES string of the molecule is Cc1ccc(-c2nn(-c3cccc(C)c3)c(N)c2C#N)cc1. The monoisotopic (exact) mass is 288 g/mol. The van der Waals surface area contributed by atoms with Gasteiger partial charge in [0.15, 0.2) is 0 Å². The van der Waals surface area contributed by atoms with E-state index in [9.17, 15) is 5.26 Å². The minimum absolute atomic E-state index is 0.365. The van der Waals surface area contributed by atoms with Crippen LogP contribution in [0.2, 0.25) is 0 Å². The third-order valence-electron chi connectivity index (χ3n) is 3.60. The maximum Gasteiger partial charge on any atom is 0.145 e. The van der Waals surface area contributed by atoms with Crippen LogP contribution in [-0.4, -0.2) is 9.78 Å². The van der Waals surface area contributed by atoms with Gasteiger partial charge in [0.05, 0.1) is 5.69 Å². The van der Waals surface area contributed by atoms with Crippen molar-refractivity contribution < 1.29 is 0 Å². The van der Waals surface area contributed by atoms with E-state index in [1.807, 2.05) is 62.4 Å². The second-order valence-electron chi connectivity index (χ2n) is 5.34. The molecule has 1 heterocycles. The van der Waals surface area contributed by atoms with Crippen molar-refractivity contribution >= 4 is 5.82 Å². The van der Waals surface area contributed by atoms with Gasteiger partial charge in [-0.3, -0.25) is 0 Å². The molecule has 0 unspecified atom stereocenters. The summed E-state index contributed by atoms with van der Waals surface area (Å²) in [6, 6.07) is 18.0. The first-order valence-electron chi connectivity index (χ1n) is 7.03. The number of hydrogen-bond donors (Lipinski definition) is 1. The van der Waals surface area contributed by atoms with Gasteiger partial charge in [0.1, 0.15) is 23.1 Å². The van der Waals surface area contributed by atoms with Gasteiger partial charge in [0, 0.05) is 5.56 Å². The molecule has 0 bridgehead atoms. The summed E-state index contributed by atoms with van der Waals surface area (Å²) >= 11 is 0. The predicted octanol–water partition coefficient (Wildman–Crippen LogP) is 3.61. The van der Waals surface area contributed by atoms with Gasteiger partial charge in [-0.15, -0.1) is 0 Å². The lowest BCUT2D eigenvalue weighted by Gasteiger charge is -2.04. The van der Waals surface area contributed by atoms with Crippen LogP contribution in [0.4, 0.5) is 5.82 Å². The number of anilines is 1. The Morgan fingerprint density at radius 1 is 1.05 bits per heavy atom. The lowest BCUT2D eigenvalue weighted by molar-refractivity contribution is 0.893. The normalized spacial score (nSPS) is 10.4. The standard InChI is InChI=1S/C18H16N4/c1-12-6-8-14(9-7-12)17-16(11-19)18(20)22(21-17)15-5-3-4-13(2)10-15/h3-10H,20H2,1-2H3. The van der Waals surface area contributed by atoms with E-state index in [-0.39, 0.29) is 0 Å². The maximum atomic E-state index is 9.45. The molecule has 4 nitrogen and oxygen atoms in total. The van der Waals surface area contributed by atoms with Crippen molar-refractivity contribution in [2.24, 2.45) is 0 Å². The number of nitriles is 1. The minimum Gasteiger partial charge on any atom is -0.382 e. The summed E-state index contributed by atoms with van der Waals surface area (Å²) in [5.74, 6) is 0.365. The summed E-state index contributed by atoms with van der Waals surface area (Å²) in [4.78, 5) is 0.